The molecule has 24 heavy (non-hydrogen) atoms. The normalized spacial score (nSPS) is 14.3. The van der Waals surface area contributed by atoms with Gasteiger partial charge in [0.15, 0.2) is 11.0 Å². The third-order valence-corrected chi connectivity index (χ3v) is 4.99. The Kier molecular flexibility index (Phi) is 5.06. The van der Waals surface area contributed by atoms with Gasteiger partial charge in [-0.15, -0.1) is 10.2 Å². The smallest absolute Gasteiger partial charge is 0.324 e. The fourth-order valence-electron chi connectivity index (χ4n) is 2.36. The first-order valence-electron chi connectivity index (χ1n) is 7.42. The summed E-state index contributed by atoms with van der Waals surface area (Å²) in [6, 6.07) is 7.12. The molecule has 7 nitrogen and oxygen atoms in total. The monoisotopic (exact) mass is 365 g/mol. The lowest BCUT2D eigenvalue weighted by Gasteiger charge is -2.11. The van der Waals surface area contributed by atoms with Crippen LogP contribution in [0.25, 0.3) is 11.4 Å². The van der Waals surface area contributed by atoms with E-state index in [0.717, 1.165) is 22.3 Å². The first kappa shape index (κ1) is 16.8. The molecule has 9 heteroatoms. The lowest BCUT2D eigenvalue weighted by atomic mass is 10.2. The van der Waals surface area contributed by atoms with Gasteiger partial charge in [0.05, 0.1) is 6.54 Å². The number of hydrogen-bond acceptors (Lipinski definition) is 5. The van der Waals surface area contributed by atoms with Crippen molar-refractivity contribution >= 4 is 35.3 Å². The SMILES string of the molecule is Cn1c(SCCCN2C(=O)CNC2=O)nnc1-c1ccc(Cl)cc1. The molecule has 1 aromatic carbocycles. The second-order valence-electron chi connectivity index (χ2n) is 5.28. The predicted octanol–water partition coefficient (Wildman–Crippen LogP) is 2.17. The highest BCUT2D eigenvalue weighted by Gasteiger charge is 2.27. The Hall–Kier alpha value is -2.06. The fraction of sp³-hybridized carbons (Fsp3) is 0.333. The van der Waals surface area contributed by atoms with Crippen molar-refractivity contribution < 1.29 is 9.59 Å². The lowest BCUT2D eigenvalue weighted by Crippen LogP contribution is -2.32. The minimum atomic E-state index is -0.311. The van der Waals surface area contributed by atoms with Crippen molar-refractivity contribution in [2.45, 2.75) is 11.6 Å². The number of thioether (sulfide) groups is 1. The van der Waals surface area contributed by atoms with Gasteiger partial charge in [-0.2, -0.15) is 0 Å². The van der Waals surface area contributed by atoms with E-state index in [2.05, 4.69) is 15.5 Å². The molecule has 2 heterocycles. The van der Waals surface area contributed by atoms with Gasteiger partial charge >= 0.3 is 6.03 Å². The number of imide groups is 1. The van der Waals surface area contributed by atoms with Crippen LogP contribution in [0.2, 0.25) is 5.02 Å². The maximum Gasteiger partial charge on any atom is 0.324 e. The molecule has 0 bridgehead atoms. The van der Waals surface area contributed by atoms with Crippen LogP contribution < -0.4 is 5.32 Å². The third-order valence-electron chi connectivity index (χ3n) is 3.63. The highest BCUT2D eigenvalue weighted by atomic mass is 35.5. The van der Waals surface area contributed by atoms with Gasteiger partial charge in [0.25, 0.3) is 0 Å². The Morgan fingerprint density at radius 2 is 2.00 bits per heavy atom. The van der Waals surface area contributed by atoms with E-state index >= 15 is 0 Å². The van der Waals surface area contributed by atoms with E-state index in [9.17, 15) is 9.59 Å². The summed E-state index contributed by atoms with van der Waals surface area (Å²) in [5.74, 6) is 1.33. The molecule has 3 rings (SSSR count). The van der Waals surface area contributed by atoms with Crippen LogP contribution in [-0.4, -0.2) is 50.4 Å². The molecular weight excluding hydrogens is 350 g/mol. The summed E-state index contributed by atoms with van der Waals surface area (Å²) in [5, 5.41) is 12.4. The number of carbonyl (C=O) groups is 2. The van der Waals surface area contributed by atoms with Crippen molar-refractivity contribution in [3.8, 4) is 11.4 Å². The zero-order chi connectivity index (χ0) is 17.1. The second-order valence-corrected chi connectivity index (χ2v) is 6.78. The average molecular weight is 366 g/mol. The largest absolute Gasteiger partial charge is 0.329 e. The molecule has 0 spiro atoms. The van der Waals surface area contributed by atoms with Crippen LogP contribution in [0.5, 0.6) is 0 Å². The number of amides is 3. The molecule has 126 valence electrons. The molecule has 1 saturated heterocycles. The van der Waals surface area contributed by atoms with E-state index in [1.165, 1.54) is 4.90 Å². The Bertz CT molecular complexity index is 746. The maximum absolute atomic E-state index is 11.5. The van der Waals surface area contributed by atoms with Gasteiger partial charge in [-0.05, 0) is 30.7 Å². The van der Waals surface area contributed by atoms with E-state index in [-0.39, 0.29) is 18.5 Å². The molecular formula is C15H16ClN5O2S. The van der Waals surface area contributed by atoms with Gasteiger partial charge in [0.1, 0.15) is 0 Å². The molecule has 1 N–H and O–H groups in total. The number of aromatic nitrogens is 3. The van der Waals surface area contributed by atoms with Crippen LogP contribution in [-0.2, 0) is 11.8 Å². The van der Waals surface area contributed by atoms with Gasteiger partial charge < -0.3 is 9.88 Å². The van der Waals surface area contributed by atoms with Crippen molar-refractivity contribution in [3.63, 3.8) is 0 Å². The van der Waals surface area contributed by atoms with Crippen LogP contribution >= 0.6 is 23.4 Å². The predicted molar refractivity (Wildman–Crippen MR) is 91.9 cm³/mol. The Morgan fingerprint density at radius 3 is 2.67 bits per heavy atom. The average Bonchev–Trinajstić information content (AvgIpc) is 3.09. The number of halogens is 1. The van der Waals surface area contributed by atoms with E-state index in [0.29, 0.717) is 18.0 Å². The van der Waals surface area contributed by atoms with Crippen molar-refractivity contribution in [2.75, 3.05) is 18.8 Å². The number of nitrogens with zero attached hydrogens (tertiary/aromatic N) is 4. The summed E-state index contributed by atoms with van der Waals surface area (Å²) >= 11 is 7.44. The Balaban J connectivity index is 1.56. The minimum Gasteiger partial charge on any atom is -0.329 e. The number of carbonyl (C=O) groups excluding carboxylic acids is 2. The number of hydrogen-bond donors (Lipinski definition) is 1. The Labute approximate surface area is 148 Å². The molecule has 0 saturated carbocycles. The highest BCUT2D eigenvalue weighted by molar-refractivity contribution is 7.99. The van der Waals surface area contributed by atoms with Gasteiger partial charge in [-0.1, -0.05) is 23.4 Å². The molecule has 1 fully saturated rings. The zero-order valence-corrected chi connectivity index (χ0v) is 14.6. The second kappa shape index (κ2) is 7.23. The summed E-state index contributed by atoms with van der Waals surface area (Å²) in [6.07, 6.45) is 0.701. The first-order valence-corrected chi connectivity index (χ1v) is 8.79. The topological polar surface area (TPSA) is 80.1 Å². The van der Waals surface area contributed by atoms with Crippen molar-refractivity contribution in [3.05, 3.63) is 29.3 Å². The van der Waals surface area contributed by atoms with Gasteiger partial charge in [-0.3, -0.25) is 9.69 Å². The van der Waals surface area contributed by atoms with E-state index in [1.807, 2.05) is 35.9 Å². The van der Waals surface area contributed by atoms with E-state index < -0.39 is 0 Å². The number of nitrogens with one attached hydrogen (secondary N) is 1. The molecule has 0 unspecified atom stereocenters. The van der Waals surface area contributed by atoms with Crippen molar-refractivity contribution in [1.29, 1.82) is 0 Å². The van der Waals surface area contributed by atoms with Crippen molar-refractivity contribution in [1.82, 2.24) is 25.0 Å². The molecule has 1 aromatic heterocycles. The molecule has 0 atom stereocenters. The standard InChI is InChI=1S/C15H16ClN5O2S/c1-20-13(10-3-5-11(16)6-4-10)18-19-15(20)24-8-2-7-21-12(22)9-17-14(21)23/h3-6H,2,7-9H2,1H3,(H,17,23). The lowest BCUT2D eigenvalue weighted by molar-refractivity contribution is -0.124. The van der Waals surface area contributed by atoms with Crippen molar-refractivity contribution in [2.24, 2.45) is 7.05 Å². The summed E-state index contributed by atoms with van der Waals surface area (Å²) in [6.45, 7) is 0.513. The molecule has 3 amide bonds. The van der Waals surface area contributed by atoms with Crippen LogP contribution in [0.4, 0.5) is 4.79 Å². The highest BCUT2D eigenvalue weighted by Crippen LogP contribution is 2.24. The fourth-order valence-corrected chi connectivity index (χ4v) is 3.32. The third kappa shape index (κ3) is 3.54. The van der Waals surface area contributed by atoms with Crippen LogP contribution in [0.1, 0.15) is 6.42 Å². The van der Waals surface area contributed by atoms with Crippen LogP contribution in [0.15, 0.2) is 29.4 Å². The van der Waals surface area contributed by atoms with Gasteiger partial charge in [-0.25, -0.2) is 4.79 Å². The van der Waals surface area contributed by atoms with Gasteiger partial charge in [0.2, 0.25) is 5.91 Å². The maximum atomic E-state index is 11.5. The Morgan fingerprint density at radius 1 is 1.25 bits per heavy atom. The zero-order valence-electron chi connectivity index (χ0n) is 13.0. The first-order chi connectivity index (χ1) is 11.6. The number of benzene rings is 1. The summed E-state index contributed by atoms with van der Waals surface area (Å²) in [5.41, 5.74) is 0.945. The summed E-state index contributed by atoms with van der Waals surface area (Å²) in [4.78, 5) is 24.2. The van der Waals surface area contributed by atoms with Crippen LogP contribution in [0, 0.1) is 0 Å². The molecule has 2 aromatic rings. The molecule has 1 aliphatic rings. The van der Waals surface area contributed by atoms with Gasteiger partial charge in [0, 0.05) is 29.9 Å². The number of urea groups is 1. The molecule has 0 aliphatic carbocycles. The van der Waals surface area contributed by atoms with E-state index in [1.54, 1.807) is 11.8 Å². The van der Waals surface area contributed by atoms with Crippen LogP contribution in [0.3, 0.4) is 0 Å². The molecule has 1 aliphatic heterocycles. The molecule has 0 radical (unpaired) electrons. The minimum absolute atomic E-state index is 0.0969. The summed E-state index contributed by atoms with van der Waals surface area (Å²) in [7, 11) is 1.91. The summed E-state index contributed by atoms with van der Waals surface area (Å²) < 4.78 is 1.92. The van der Waals surface area contributed by atoms with E-state index in [4.69, 9.17) is 11.6 Å². The number of rotatable bonds is 6. The quantitative estimate of drug-likeness (QED) is 0.482.